The first-order valence-corrected chi connectivity index (χ1v) is 12.8. The number of hydrogen-bond donors (Lipinski definition) is 1. The number of ether oxygens (including phenoxy) is 2. The van der Waals surface area contributed by atoms with Crippen LogP contribution in [0, 0.1) is 6.92 Å². The van der Waals surface area contributed by atoms with Gasteiger partial charge < -0.3 is 19.3 Å². The first-order chi connectivity index (χ1) is 19.0. The summed E-state index contributed by atoms with van der Waals surface area (Å²) in [6.45, 7) is 5.79. The molecule has 0 radical (unpaired) electrons. The summed E-state index contributed by atoms with van der Waals surface area (Å²) >= 11 is 0. The molecule has 0 saturated carbocycles. The number of carbonyl (C=O) groups is 2. The molecular weight excluding hydrogens is 494 g/mol. The zero-order valence-electron chi connectivity index (χ0n) is 21.6. The summed E-state index contributed by atoms with van der Waals surface area (Å²) in [7, 11) is 0. The molecule has 4 aromatic rings. The highest BCUT2D eigenvalue weighted by Crippen LogP contribution is 2.44. The minimum absolute atomic E-state index is 0.0767. The molecule has 5 rings (SSSR count). The van der Waals surface area contributed by atoms with Gasteiger partial charge in [-0.1, -0.05) is 96.2 Å². The van der Waals surface area contributed by atoms with E-state index in [1.54, 1.807) is 0 Å². The third kappa shape index (κ3) is 6.06. The van der Waals surface area contributed by atoms with E-state index in [9.17, 15) is 9.59 Å². The van der Waals surface area contributed by atoms with Crippen LogP contribution in [0.3, 0.4) is 0 Å². The highest BCUT2D eigenvalue weighted by molar-refractivity contribution is 5.79. The van der Waals surface area contributed by atoms with Gasteiger partial charge >= 0.3 is 12.1 Å². The molecule has 8 nitrogen and oxygen atoms in total. The Labute approximate surface area is 226 Å². The molecule has 0 spiro atoms. The number of fused-ring (bicyclic) bond motifs is 3. The van der Waals surface area contributed by atoms with Gasteiger partial charge in [-0.3, -0.25) is 4.79 Å². The highest BCUT2D eigenvalue weighted by Gasteiger charge is 2.29. The molecule has 0 unspecified atom stereocenters. The van der Waals surface area contributed by atoms with Crippen molar-refractivity contribution in [2.45, 2.75) is 31.7 Å². The average molecular weight is 524 g/mol. The van der Waals surface area contributed by atoms with Gasteiger partial charge in [-0.25, -0.2) is 4.79 Å². The normalized spacial score (nSPS) is 12.7. The van der Waals surface area contributed by atoms with Crippen LogP contribution in [0.15, 0.2) is 90.0 Å². The van der Waals surface area contributed by atoms with E-state index in [-0.39, 0.29) is 37.9 Å². The van der Waals surface area contributed by atoms with Crippen LogP contribution in [0.2, 0.25) is 0 Å². The van der Waals surface area contributed by atoms with Crippen molar-refractivity contribution < 1.29 is 23.6 Å². The van der Waals surface area contributed by atoms with Crippen molar-refractivity contribution in [2.75, 3.05) is 13.2 Å². The third-order valence-electron chi connectivity index (χ3n) is 6.64. The largest absolute Gasteiger partial charge is 0.461 e. The molecule has 0 saturated heterocycles. The molecule has 3 aromatic carbocycles. The third-order valence-corrected chi connectivity index (χ3v) is 6.64. The van der Waals surface area contributed by atoms with Gasteiger partial charge in [-0.15, -0.1) is 0 Å². The molecule has 0 aliphatic heterocycles. The maximum absolute atomic E-state index is 12.9. The second-order valence-corrected chi connectivity index (χ2v) is 9.42. The maximum Gasteiger partial charge on any atom is 0.407 e. The SMILES string of the molecule is C=CCOC(=O)C[C@H](Cc1nc(-c2ccc(C)cc2)no1)NC(=O)OCC1c2ccccc2-c2ccccc21. The van der Waals surface area contributed by atoms with Crippen LogP contribution < -0.4 is 5.32 Å². The Hall–Kier alpha value is -4.72. The second-order valence-electron chi connectivity index (χ2n) is 9.42. The Morgan fingerprint density at radius 2 is 1.67 bits per heavy atom. The van der Waals surface area contributed by atoms with Gasteiger partial charge in [0, 0.05) is 17.9 Å². The van der Waals surface area contributed by atoms with E-state index in [1.807, 2.05) is 55.5 Å². The summed E-state index contributed by atoms with van der Waals surface area (Å²) < 4.78 is 16.2. The number of alkyl carbamates (subject to hydrolysis) is 1. The predicted molar refractivity (Wildman–Crippen MR) is 146 cm³/mol. The van der Waals surface area contributed by atoms with Gasteiger partial charge in [0.1, 0.15) is 13.2 Å². The number of aromatic nitrogens is 2. The molecule has 0 bridgehead atoms. The smallest absolute Gasteiger partial charge is 0.407 e. The van der Waals surface area contributed by atoms with E-state index in [2.05, 4.69) is 46.3 Å². The van der Waals surface area contributed by atoms with E-state index < -0.39 is 18.1 Å². The molecule has 1 aliphatic rings. The Morgan fingerprint density at radius 1 is 1.00 bits per heavy atom. The zero-order chi connectivity index (χ0) is 27.2. The predicted octanol–water partition coefficient (Wildman–Crippen LogP) is 5.61. The quantitative estimate of drug-likeness (QED) is 0.213. The van der Waals surface area contributed by atoms with E-state index >= 15 is 0 Å². The average Bonchev–Trinajstić information content (AvgIpc) is 3.54. The van der Waals surface area contributed by atoms with Crippen molar-refractivity contribution >= 4 is 12.1 Å². The standard InChI is InChI=1S/C31H29N3O5/c1-3-16-37-29(35)18-22(17-28-33-30(34-39-28)21-14-12-20(2)13-15-21)32-31(36)38-19-27-25-10-6-4-8-23(25)24-9-5-7-11-26(24)27/h3-15,22,27H,1,16-19H2,2H3,(H,32,36)/t22-/m0/s1. The summed E-state index contributed by atoms with van der Waals surface area (Å²) in [5.74, 6) is 0.148. The van der Waals surface area contributed by atoms with Crippen LogP contribution >= 0.6 is 0 Å². The fraction of sp³-hybridized carbons (Fsp3) is 0.226. The van der Waals surface area contributed by atoms with Gasteiger partial charge in [-0.05, 0) is 29.2 Å². The lowest BCUT2D eigenvalue weighted by Gasteiger charge is -2.18. The molecule has 8 heteroatoms. The number of rotatable bonds is 10. The minimum atomic E-state index is -0.677. The van der Waals surface area contributed by atoms with Crippen LogP contribution in [0.25, 0.3) is 22.5 Å². The lowest BCUT2D eigenvalue weighted by molar-refractivity contribution is -0.142. The summed E-state index contributed by atoms with van der Waals surface area (Å²) in [5.41, 5.74) is 6.45. The monoisotopic (exact) mass is 523 g/mol. The number of aryl methyl sites for hydroxylation is 1. The van der Waals surface area contributed by atoms with Gasteiger partial charge in [-0.2, -0.15) is 4.98 Å². The maximum atomic E-state index is 12.9. The van der Waals surface area contributed by atoms with Gasteiger partial charge in [0.25, 0.3) is 0 Å². The molecule has 0 fully saturated rings. The highest BCUT2D eigenvalue weighted by atomic mass is 16.5. The molecule has 1 atom stereocenters. The fourth-order valence-electron chi connectivity index (χ4n) is 4.76. The fourth-order valence-corrected chi connectivity index (χ4v) is 4.76. The Kier molecular flexibility index (Phi) is 7.82. The van der Waals surface area contributed by atoms with E-state index in [0.29, 0.717) is 5.82 Å². The Balaban J connectivity index is 1.26. The van der Waals surface area contributed by atoms with Crippen LogP contribution in [0.1, 0.15) is 34.9 Å². The van der Waals surface area contributed by atoms with E-state index in [0.717, 1.165) is 33.4 Å². The number of nitrogens with zero attached hydrogens (tertiary/aromatic N) is 2. The summed E-state index contributed by atoms with van der Waals surface area (Å²) in [6, 6.07) is 23.3. The van der Waals surface area contributed by atoms with Gasteiger partial charge in [0.15, 0.2) is 0 Å². The molecule has 1 aromatic heterocycles. The lowest BCUT2D eigenvalue weighted by atomic mass is 9.98. The molecule has 1 amide bonds. The van der Waals surface area contributed by atoms with Crippen LogP contribution in [-0.4, -0.2) is 41.5 Å². The molecule has 1 heterocycles. The van der Waals surface area contributed by atoms with Gasteiger partial charge in [0.05, 0.1) is 12.5 Å². The van der Waals surface area contributed by atoms with Crippen molar-refractivity contribution in [3.05, 3.63) is 108 Å². The topological polar surface area (TPSA) is 104 Å². The number of benzene rings is 3. The number of esters is 1. The van der Waals surface area contributed by atoms with Crippen molar-refractivity contribution in [3.63, 3.8) is 0 Å². The van der Waals surface area contributed by atoms with Crippen molar-refractivity contribution in [1.82, 2.24) is 15.5 Å². The first-order valence-electron chi connectivity index (χ1n) is 12.8. The minimum Gasteiger partial charge on any atom is -0.461 e. The summed E-state index contributed by atoms with van der Waals surface area (Å²) in [5, 5.41) is 6.83. The summed E-state index contributed by atoms with van der Waals surface area (Å²) in [4.78, 5) is 29.7. The molecule has 1 N–H and O–H groups in total. The molecule has 1 aliphatic carbocycles. The molecule has 198 valence electrons. The molecule has 39 heavy (non-hydrogen) atoms. The lowest BCUT2D eigenvalue weighted by Crippen LogP contribution is -2.39. The second kappa shape index (κ2) is 11.8. The Morgan fingerprint density at radius 3 is 2.33 bits per heavy atom. The van der Waals surface area contributed by atoms with E-state index in [4.69, 9.17) is 14.0 Å². The van der Waals surface area contributed by atoms with Crippen LogP contribution in [0.5, 0.6) is 0 Å². The van der Waals surface area contributed by atoms with Crippen LogP contribution in [-0.2, 0) is 20.7 Å². The van der Waals surface area contributed by atoms with Crippen molar-refractivity contribution in [2.24, 2.45) is 0 Å². The number of hydrogen-bond acceptors (Lipinski definition) is 7. The van der Waals surface area contributed by atoms with Crippen molar-refractivity contribution in [3.8, 4) is 22.5 Å². The summed E-state index contributed by atoms with van der Waals surface area (Å²) in [6.07, 6.45) is 0.876. The molecular formula is C31H29N3O5. The zero-order valence-corrected chi connectivity index (χ0v) is 21.6. The first kappa shape index (κ1) is 25.9. The van der Waals surface area contributed by atoms with Crippen LogP contribution in [0.4, 0.5) is 4.79 Å². The van der Waals surface area contributed by atoms with Crippen molar-refractivity contribution in [1.29, 1.82) is 0 Å². The number of nitrogens with one attached hydrogen (secondary N) is 1. The van der Waals surface area contributed by atoms with E-state index in [1.165, 1.54) is 6.08 Å². The van der Waals surface area contributed by atoms with Gasteiger partial charge in [0.2, 0.25) is 11.7 Å². The Bertz CT molecular complexity index is 1430. The number of amides is 1. The number of carbonyl (C=O) groups excluding carboxylic acids is 2.